The minimum absolute atomic E-state index is 0.0807. The Hall–Kier alpha value is -2.05. The summed E-state index contributed by atoms with van der Waals surface area (Å²) < 4.78 is 13.3. The standard InChI is InChI=1S/C20H24FN3OS/c1-15-22-13-19(26-15)14-23-20(25)7-10-24-8-5-16(6-9-24)11-17-3-2-4-18(21)12-17/h2-4,11-13H,5-10,14H2,1H3,(H,23,25). The fourth-order valence-corrected chi connectivity index (χ4v) is 3.80. The molecule has 0 unspecified atom stereocenters. The number of carbonyl (C=O) groups is 1. The molecule has 2 heterocycles. The van der Waals surface area contributed by atoms with Crippen LogP contribution in [0.2, 0.25) is 0 Å². The van der Waals surface area contributed by atoms with E-state index in [1.807, 2.05) is 19.2 Å². The predicted octanol–water partition coefficient (Wildman–Crippen LogP) is 3.78. The van der Waals surface area contributed by atoms with Crippen molar-refractivity contribution < 1.29 is 9.18 Å². The molecule has 0 atom stereocenters. The van der Waals surface area contributed by atoms with Gasteiger partial charge in [0, 0.05) is 37.1 Å². The van der Waals surface area contributed by atoms with Crippen molar-refractivity contribution in [2.45, 2.75) is 32.7 Å². The quantitative estimate of drug-likeness (QED) is 0.838. The number of benzene rings is 1. The maximum Gasteiger partial charge on any atom is 0.221 e. The van der Waals surface area contributed by atoms with E-state index in [1.54, 1.807) is 23.5 Å². The Morgan fingerprint density at radius 2 is 2.19 bits per heavy atom. The molecule has 4 nitrogen and oxygen atoms in total. The van der Waals surface area contributed by atoms with Crippen molar-refractivity contribution in [3.05, 3.63) is 57.3 Å². The number of thiazole rings is 1. The number of aromatic nitrogens is 1. The Bertz CT molecular complexity index is 777. The van der Waals surface area contributed by atoms with Gasteiger partial charge in [-0.1, -0.05) is 23.8 Å². The molecule has 1 fully saturated rings. The zero-order chi connectivity index (χ0) is 18.4. The van der Waals surface area contributed by atoms with Crippen molar-refractivity contribution >= 4 is 23.3 Å². The van der Waals surface area contributed by atoms with Crippen molar-refractivity contribution in [2.24, 2.45) is 0 Å². The Morgan fingerprint density at radius 1 is 1.38 bits per heavy atom. The van der Waals surface area contributed by atoms with Crippen LogP contribution in [0.5, 0.6) is 0 Å². The largest absolute Gasteiger partial charge is 0.351 e. The van der Waals surface area contributed by atoms with E-state index < -0.39 is 0 Å². The number of hydrogen-bond acceptors (Lipinski definition) is 4. The SMILES string of the molecule is Cc1ncc(CNC(=O)CCN2CCC(=Cc3cccc(F)c3)CC2)s1. The maximum atomic E-state index is 13.3. The summed E-state index contributed by atoms with van der Waals surface area (Å²) in [6, 6.07) is 6.69. The summed E-state index contributed by atoms with van der Waals surface area (Å²) >= 11 is 1.61. The summed E-state index contributed by atoms with van der Waals surface area (Å²) in [5, 5.41) is 3.97. The summed E-state index contributed by atoms with van der Waals surface area (Å²) in [7, 11) is 0. The van der Waals surface area contributed by atoms with Crippen LogP contribution < -0.4 is 5.32 Å². The number of nitrogens with one attached hydrogen (secondary N) is 1. The maximum absolute atomic E-state index is 13.3. The number of rotatable bonds is 6. The van der Waals surface area contributed by atoms with Crippen LogP contribution in [0.25, 0.3) is 6.08 Å². The first kappa shape index (κ1) is 18.7. The van der Waals surface area contributed by atoms with Gasteiger partial charge in [-0.3, -0.25) is 4.79 Å². The van der Waals surface area contributed by atoms with E-state index in [4.69, 9.17) is 0 Å². The fourth-order valence-electron chi connectivity index (χ4n) is 3.06. The summed E-state index contributed by atoms with van der Waals surface area (Å²) in [6.45, 7) is 5.19. The van der Waals surface area contributed by atoms with E-state index in [-0.39, 0.29) is 11.7 Å². The summed E-state index contributed by atoms with van der Waals surface area (Å²) in [4.78, 5) is 19.6. The van der Waals surface area contributed by atoms with Crippen LogP contribution in [0.3, 0.4) is 0 Å². The van der Waals surface area contributed by atoms with Gasteiger partial charge in [-0.25, -0.2) is 9.37 Å². The Morgan fingerprint density at radius 3 is 2.88 bits per heavy atom. The molecule has 1 aliphatic heterocycles. The minimum atomic E-state index is -0.198. The van der Waals surface area contributed by atoms with Gasteiger partial charge >= 0.3 is 0 Å². The van der Waals surface area contributed by atoms with Crippen LogP contribution in [0, 0.1) is 12.7 Å². The molecule has 1 amide bonds. The van der Waals surface area contributed by atoms with Crippen molar-refractivity contribution in [1.82, 2.24) is 15.2 Å². The molecule has 3 rings (SSSR count). The van der Waals surface area contributed by atoms with Gasteiger partial charge in [0.25, 0.3) is 0 Å². The second-order valence-electron chi connectivity index (χ2n) is 6.57. The number of aryl methyl sites for hydroxylation is 1. The van der Waals surface area contributed by atoms with Crippen LogP contribution in [0.4, 0.5) is 4.39 Å². The lowest BCUT2D eigenvalue weighted by molar-refractivity contribution is -0.121. The summed E-state index contributed by atoms with van der Waals surface area (Å²) in [5.41, 5.74) is 2.27. The van der Waals surface area contributed by atoms with Gasteiger partial charge in [0.2, 0.25) is 5.91 Å². The van der Waals surface area contributed by atoms with Crippen LogP contribution >= 0.6 is 11.3 Å². The molecule has 1 N–H and O–H groups in total. The first-order valence-electron chi connectivity index (χ1n) is 8.94. The molecule has 1 saturated heterocycles. The van der Waals surface area contributed by atoms with E-state index in [1.165, 1.54) is 11.6 Å². The number of carbonyl (C=O) groups excluding carboxylic acids is 1. The van der Waals surface area contributed by atoms with Gasteiger partial charge in [-0.2, -0.15) is 0 Å². The van der Waals surface area contributed by atoms with E-state index in [9.17, 15) is 9.18 Å². The zero-order valence-electron chi connectivity index (χ0n) is 15.0. The van der Waals surface area contributed by atoms with Gasteiger partial charge < -0.3 is 10.2 Å². The fraction of sp³-hybridized carbons (Fsp3) is 0.400. The van der Waals surface area contributed by atoms with E-state index in [2.05, 4.69) is 21.3 Å². The third-order valence-corrected chi connectivity index (χ3v) is 5.41. The van der Waals surface area contributed by atoms with E-state index in [0.717, 1.165) is 47.9 Å². The summed E-state index contributed by atoms with van der Waals surface area (Å²) in [5.74, 6) is -0.117. The lowest BCUT2D eigenvalue weighted by atomic mass is 10.0. The lowest BCUT2D eigenvalue weighted by Gasteiger charge is -2.28. The summed E-state index contributed by atoms with van der Waals surface area (Å²) in [6.07, 6.45) is 6.36. The monoisotopic (exact) mass is 373 g/mol. The molecule has 138 valence electrons. The second-order valence-corrected chi connectivity index (χ2v) is 7.89. The highest BCUT2D eigenvalue weighted by Gasteiger charge is 2.15. The average Bonchev–Trinajstić information content (AvgIpc) is 3.05. The van der Waals surface area contributed by atoms with Gasteiger partial charge in [0.1, 0.15) is 5.82 Å². The second kappa shape index (κ2) is 9.05. The molecule has 1 aliphatic rings. The van der Waals surface area contributed by atoms with Gasteiger partial charge in [-0.05, 0) is 37.5 Å². The normalized spacial score (nSPS) is 15.1. The molecule has 26 heavy (non-hydrogen) atoms. The van der Waals surface area contributed by atoms with Crippen LogP contribution in [0.1, 0.15) is 34.7 Å². The predicted molar refractivity (Wildman–Crippen MR) is 103 cm³/mol. The lowest BCUT2D eigenvalue weighted by Crippen LogP contribution is -2.34. The molecule has 0 bridgehead atoms. The zero-order valence-corrected chi connectivity index (χ0v) is 15.8. The molecule has 0 spiro atoms. The minimum Gasteiger partial charge on any atom is -0.351 e. The number of piperidine rings is 1. The molecule has 6 heteroatoms. The Labute approximate surface area is 157 Å². The van der Waals surface area contributed by atoms with Crippen molar-refractivity contribution in [3.8, 4) is 0 Å². The van der Waals surface area contributed by atoms with Crippen LogP contribution in [-0.4, -0.2) is 35.4 Å². The Kier molecular flexibility index (Phi) is 6.52. The van der Waals surface area contributed by atoms with Gasteiger partial charge in [0.05, 0.1) is 11.6 Å². The highest BCUT2D eigenvalue weighted by atomic mass is 32.1. The van der Waals surface area contributed by atoms with E-state index in [0.29, 0.717) is 13.0 Å². The van der Waals surface area contributed by atoms with Crippen molar-refractivity contribution in [1.29, 1.82) is 0 Å². The highest BCUT2D eigenvalue weighted by Crippen LogP contribution is 2.20. The first-order valence-corrected chi connectivity index (χ1v) is 9.75. The van der Waals surface area contributed by atoms with Crippen LogP contribution in [-0.2, 0) is 11.3 Å². The number of nitrogens with zero attached hydrogens (tertiary/aromatic N) is 2. The molecular weight excluding hydrogens is 349 g/mol. The molecule has 0 saturated carbocycles. The molecule has 1 aromatic heterocycles. The third-order valence-electron chi connectivity index (χ3n) is 4.50. The van der Waals surface area contributed by atoms with Gasteiger partial charge in [0.15, 0.2) is 0 Å². The van der Waals surface area contributed by atoms with Crippen molar-refractivity contribution in [2.75, 3.05) is 19.6 Å². The van der Waals surface area contributed by atoms with Crippen LogP contribution in [0.15, 0.2) is 36.0 Å². The third kappa shape index (κ3) is 5.75. The van der Waals surface area contributed by atoms with Gasteiger partial charge in [-0.15, -0.1) is 11.3 Å². The molecular formula is C20H24FN3OS. The Balaban J connectivity index is 1.38. The molecule has 0 aliphatic carbocycles. The highest BCUT2D eigenvalue weighted by molar-refractivity contribution is 7.11. The number of likely N-dealkylation sites (tertiary alicyclic amines) is 1. The van der Waals surface area contributed by atoms with E-state index >= 15 is 0 Å². The smallest absolute Gasteiger partial charge is 0.221 e. The number of amides is 1. The first-order chi connectivity index (χ1) is 12.6. The molecule has 0 radical (unpaired) electrons. The number of hydrogen-bond donors (Lipinski definition) is 1. The van der Waals surface area contributed by atoms with Crippen molar-refractivity contribution in [3.63, 3.8) is 0 Å². The number of halogens is 1. The molecule has 1 aromatic carbocycles. The topological polar surface area (TPSA) is 45.2 Å². The average molecular weight is 373 g/mol. The molecule has 2 aromatic rings.